The van der Waals surface area contributed by atoms with Gasteiger partial charge in [-0.3, -0.25) is 9.69 Å². The molecule has 156 valence electrons. The molecule has 0 aromatic heterocycles. The van der Waals surface area contributed by atoms with E-state index in [-0.39, 0.29) is 18.9 Å². The number of nitrogens with two attached hydrogens (primary N) is 2. The largest absolute Gasteiger partial charge is 0.404 e. The average Bonchev–Trinajstić information content (AvgIpc) is 2.75. The first-order valence-electron chi connectivity index (χ1n) is 9.77. The van der Waals surface area contributed by atoms with Crippen molar-refractivity contribution in [2.24, 2.45) is 11.5 Å². The lowest BCUT2D eigenvalue weighted by molar-refractivity contribution is -0.116. The zero-order chi connectivity index (χ0) is 21.1. The van der Waals surface area contributed by atoms with Crippen molar-refractivity contribution in [2.75, 3.05) is 38.2 Å². The average molecular weight is 398 g/mol. The number of morpholine rings is 1. The molecule has 0 radical (unpaired) electrons. The summed E-state index contributed by atoms with van der Waals surface area (Å²) in [6.45, 7) is 8.32. The zero-order valence-electron chi connectivity index (χ0n) is 16.8. The zero-order valence-corrected chi connectivity index (χ0v) is 16.8. The molecule has 1 aromatic carbocycles. The molecule has 1 aliphatic rings. The van der Waals surface area contributed by atoms with Crippen molar-refractivity contribution in [3.05, 3.63) is 65.4 Å². The first-order chi connectivity index (χ1) is 14.1. The van der Waals surface area contributed by atoms with Crippen molar-refractivity contribution < 1.29 is 9.53 Å². The van der Waals surface area contributed by atoms with Crippen molar-refractivity contribution >= 4 is 17.8 Å². The van der Waals surface area contributed by atoms with Gasteiger partial charge in [0.05, 0.1) is 13.2 Å². The lowest BCUT2D eigenvalue weighted by Gasteiger charge is -2.26. The van der Waals surface area contributed by atoms with Crippen molar-refractivity contribution in [1.29, 1.82) is 5.41 Å². The van der Waals surface area contributed by atoms with Gasteiger partial charge in [0.25, 0.3) is 0 Å². The van der Waals surface area contributed by atoms with E-state index in [2.05, 4.69) is 16.8 Å². The van der Waals surface area contributed by atoms with Crippen molar-refractivity contribution in [2.45, 2.75) is 19.4 Å². The van der Waals surface area contributed by atoms with Crippen LogP contribution in [-0.2, 0) is 16.1 Å². The van der Waals surface area contributed by atoms with E-state index in [0.717, 1.165) is 44.1 Å². The van der Waals surface area contributed by atoms with Gasteiger partial charge in [-0.25, -0.2) is 0 Å². The van der Waals surface area contributed by atoms with E-state index in [0.29, 0.717) is 17.6 Å². The molecule has 0 saturated carbocycles. The van der Waals surface area contributed by atoms with Crippen LogP contribution in [0.5, 0.6) is 0 Å². The summed E-state index contributed by atoms with van der Waals surface area (Å²) in [5, 5.41) is 10.4. The van der Waals surface area contributed by atoms with Gasteiger partial charge in [-0.2, -0.15) is 0 Å². The highest BCUT2D eigenvalue weighted by Gasteiger charge is 2.12. The van der Waals surface area contributed by atoms with Gasteiger partial charge in [-0.15, -0.1) is 0 Å². The van der Waals surface area contributed by atoms with Gasteiger partial charge in [0, 0.05) is 44.5 Å². The third-order valence-electron chi connectivity index (χ3n) is 4.86. The molecule has 29 heavy (non-hydrogen) atoms. The van der Waals surface area contributed by atoms with Crippen LogP contribution >= 0.6 is 0 Å². The number of hydrogen-bond donors (Lipinski definition) is 4. The molecule has 1 saturated heterocycles. The molecule has 7 nitrogen and oxygen atoms in total. The highest BCUT2D eigenvalue weighted by atomic mass is 16.5. The van der Waals surface area contributed by atoms with Crippen molar-refractivity contribution in [3.63, 3.8) is 0 Å². The summed E-state index contributed by atoms with van der Waals surface area (Å²) in [6.07, 6.45) is 4.97. The first kappa shape index (κ1) is 22.5. The fourth-order valence-electron chi connectivity index (χ4n) is 3.21. The van der Waals surface area contributed by atoms with Gasteiger partial charge in [-0.1, -0.05) is 24.8 Å². The van der Waals surface area contributed by atoms with Crippen LogP contribution in [0.3, 0.4) is 0 Å². The van der Waals surface area contributed by atoms with Gasteiger partial charge in [-0.05, 0) is 47.0 Å². The highest BCUT2D eigenvalue weighted by molar-refractivity contribution is 5.91. The first-order valence-corrected chi connectivity index (χ1v) is 9.77. The molecule has 1 aromatic rings. The molecular formula is C22H31N5O2. The smallest absolute Gasteiger partial charge is 0.224 e. The number of ether oxygens (including phenoxy) is 1. The Balaban J connectivity index is 1.88. The number of carbonyl (C=O) groups excluding carboxylic acids is 1. The third-order valence-corrected chi connectivity index (χ3v) is 4.86. The molecule has 1 heterocycles. The molecule has 0 spiro atoms. The van der Waals surface area contributed by atoms with Crippen LogP contribution in [0, 0.1) is 5.41 Å². The fraction of sp³-hybridized carbons (Fsp3) is 0.364. The van der Waals surface area contributed by atoms with E-state index in [1.165, 1.54) is 18.0 Å². The molecule has 0 aliphatic carbocycles. The minimum absolute atomic E-state index is 0.0992. The molecule has 1 amide bonds. The van der Waals surface area contributed by atoms with Crippen LogP contribution in [0.4, 0.5) is 5.69 Å². The quantitative estimate of drug-likeness (QED) is 0.356. The standard InChI is InChI=1S/C22H31N5O2/c1-2-21(19(14-24)15-25)18(13-23)5-8-22(28)26-20-6-3-17(4-7-20)16-27-9-11-29-12-10-27/h2-4,6-7,13-14,24H,1,5,8-12,15-16,23,25H2,(H,26,28). The number of carbonyl (C=O) groups is 1. The number of anilines is 1. The van der Waals surface area contributed by atoms with Crippen LogP contribution in [0.25, 0.3) is 0 Å². The number of hydrogen-bond acceptors (Lipinski definition) is 6. The third kappa shape index (κ3) is 6.98. The number of rotatable bonds is 10. The lowest BCUT2D eigenvalue weighted by atomic mass is 9.97. The van der Waals surface area contributed by atoms with Gasteiger partial charge < -0.3 is 26.9 Å². The summed E-state index contributed by atoms with van der Waals surface area (Å²) in [4.78, 5) is 14.7. The van der Waals surface area contributed by atoms with Gasteiger partial charge >= 0.3 is 0 Å². The maximum Gasteiger partial charge on any atom is 0.224 e. The van der Waals surface area contributed by atoms with Crippen LogP contribution in [0.15, 0.2) is 59.8 Å². The summed E-state index contributed by atoms with van der Waals surface area (Å²) in [7, 11) is 0. The van der Waals surface area contributed by atoms with Crippen LogP contribution < -0.4 is 16.8 Å². The van der Waals surface area contributed by atoms with Crippen LogP contribution in [0.1, 0.15) is 18.4 Å². The minimum Gasteiger partial charge on any atom is -0.404 e. The molecule has 1 fully saturated rings. The Bertz CT molecular complexity index is 762. The molecule has 0 unspecified atom stereocenters. The maximum absolute atomic E-state index is 12.3. The van der Waals surface area contributed by atoms with Crippen molar-refractivity contribution in [1.82, 2.24) is 4.90 Å². The minimum atomic E-state index is -0.0992. The SMILES string of the molecule is C=CC(C(=CN)CCC(=O)Nc1ccc(CN2CCOCC2)cc1)=C(C=N)CN. The highest BCUT2D eigenvalue weighted by Crippen LogP contribution is 2.20. The summed E-state index contributed by atoms with van der Waals surface area (Å²) >= 11 is 0. The predicted octanol–water partition coefficient (Wildman–Crippen LogP) is 2.17. The Morgan fingerprint density at radius 3 is 2.48 bits per heavy atom. The second kappa shape index (κ2) is 12.0. The van der Waals surface area contributed by atoms with Crippen molar-refractivity contribution in [3.8, 4) is 0 Å². The molecule has 1 aliphatic heterocycles. The number of nitrogens with one attached hydrogen (secondary N) is 2. The molecule has 2 rings (SSSR count). The number of allylic oxidation sites excluding steroid dienone is 3. The second-order valence-electron chi connectivity index (χ2n) is 6.82. The van der Waals surface area contributed by atoms with E-state index in [1.54, 1.807) is 6.08 Å². The Labute approximate surface area is 172 Å². The summed E-state index contributed by atoms with van der Waals surface area (Å²) in [5.41, 5.74) is 15.5. The predicted molar refractivity (Wildman–Crippen MR) is 118 cm³/mol. The molecule has 7 heteroatoms. The summed E-state index contributed by atoms with van der Waals surface area (Å²) in [6, 6.07) is 7.91. The Morgan fingerprint density at radius 1 is 1.24 bits per heavy atom. The maximum atomic E-state index is 12.3. The van der Waals surface area contributed by atoms with Gasteiger partial charge in [0.2, 0.25) is 5.91 Å². The number of benzene rings is 1. The molecule has 0 atom stereocenters. The molecular weight excluding hydrogens is 366 g/mol. The van der Waals surface area contributed by atoms with E-state index >= 15 is 0 Å². The van der Waals surface area contributed by atoms with E-state index in [9.17, 15) is 4.79 Å². The van der Waals surface area contributed by atoms with Crippen LogP contribution in [-0.4, -0.2) is 49.9 Å². The van der Waals surface area contributed by atoms with Gasteiger partial charge in [0.1, 0.15) is 0 Å². The van der Waals surface area contributed by atoms with Crippen LogP contribution in [0.2, 0.25) is 0 Å². The van der Waals surface area contributed by atoms with E-state index < -0.39 is 0 Å². The fourth-order valence-corrected chi connectivity index (χ4v) is 3.21. The second-order valence-corrected chi connectivity index (χ2v) is 6.82. The number of nitrogens with zero attached hydrogens (tertiary/aromatic N) is 1. The number of amides is 1. The molecule has 0 bridgehead atoms. The Hall–Kier alpha value is -2.74. The monoisotopic (exact) mass is 397 g/mol. The summed E-state index contributed by atoms with van der Waals surface area (Å²) < 4.78 is 5.37. The molecule has 6 N–H and O–H groups in total. The summed E-state index contributed by atoms with van der Waals surface area (Å²) in [5.74, 6) is -0.0992. The van der Waals surface area contributed by atoms with E-state index in [1.807, 2.05) is 24.3 Å². The Kier molecular flexibility index (Phi) is 9.30. The topological polar surface area (TPSA) is 117 Å². The normalized spacial score (nSPS) is 16.1. The Morgan fingerprint density at radius 2 is 1.93 bits per heavy atom. The lowest BCUT2D eigenvalue weighted by Crippen LogP contribution is -2.35. The van der Waals surface area contributed by atoms with E-state index in [4.69, 9.17) is 21.6 Å². The van der Waals surface area contributed by atoms with Gasteiger partial charge in [0.15, 0.2) is 0 Å².